The molecule has 1 aromatic carbocycles. The van der Waals surface area contributed by atoms with E-state index >= 15 is 0 Å². The maximum Gasteiger partial charge on any atom is 0.310 e. The summed E-state index contributed by atoms with van der Waals surface area (Å²) < 4.78 is 18.3. The van der Waals surface area contributed by atoms with Crippen LogP contribution in [0.3, 0.4) is 0 Å². The minimum absolute atomic E-state index is 0.0352. The molecule has 0 aliphatic carbocycles. The number of halogens is 1. The third kappa shape index (κ3) is 5.36. The maximum absolute atomic E-state index is 13.5. The van der Waals surface area contributed by atoms with Gasteiger partial charge in [0.25, 0.3) is 0 Å². The zero-order valence-corrected chi connectivity index (χ0v) is 13.3. The van der Waals surface area contributed by atoms with Crippen LogP contribution >= 0.6 is 0 Å². The third-order valence-electron chi connectivity index (χ3n) is 3.36. The summed E-state index contributed by atoms with van der Waals surface area (Å²) in [5, 5.41) is 11.4. The zero-order chi connectivity index (χ0) is 17.6. The van der Waals surface area contributed by atoms with Gasteiger partial charge in [-0.3, -0.25) is 14.4 Å². The number of carboxylic acids is 1. The van der Waals surface area contributed by atoms with Crippen LogP contribution in [0.1, 0.15) is 37.0 Å². The molecular weight excluding hydrogens is 305 g/mol. The molecule has 0 aromatic heterocycles. The van der Waals surface area contributed by atoms with Crippen molar-refractivity contribution < 1.29 is 28.6 Å². The molecule has 6 nitrogen and oxygen atoms in total. The number of Topliss-reactive ketones (excluding diaryl/α,β-unsaturated/α-hetero) is 1. The molecule has 0 unspecified atom stereocenters. The summed E-state index contributed by atoms with van der Waals surface area (Å²) in [6.45, 7) is 2.94. The first-order chi connectivity index (χ1) is 10.7. The summed E-state index contributed by atoms with van der Waals surface area (Å²) in [6, 6.07) is 3.83. The SMILES string of the molecule is COc1ccc(C(=O)CCC(=O)NCC(C)(C)C(=O)O)cc1F. The minimum atomic E-state index is -1.08. The van der Waals surface area contributed by atoms with Crippen molar-refractivity contribution in [3.05, 3.63) is 29.6 Å². The van der Waals surface area contributed by atoms with Crippen LogP contribution in [0.2, 0.25) is 0 Å². The van der Waals surface area contributed by atoms with E-state index in [1.165, 1.54) is 33.1 Å². The van der Waals surface area contributed by atoms with E-state index in [-0.39, 0.29) is 36.5 Å². The van der Waals surface area contributed by atoms with E-state index in [9.17, 15) is 18.8 Å². The van der Waals surface area contributed by atoms with Crippen LogP contribution in [-0.4, -0.2) is 36.4 Å². The van der Waals surface area contributed by atoms with Crippen molar-refractivity contribution in [2.24, 2.45) is 5.41 Å². The van der Waals surface area contributed by atoms with Crippen molar-refractivity contribution >= 4 is 17.7 Å². The van der Waals surface area contributed by atoms with E-state index < -0.39 is 23.1 Å². The molecule has 0 aliphatic rings. The number of benzene rings is 1. The topological polar surface area (TPSA) is 92.7 Å². The molecule has 1 aromatic rings. The van der Waals surface area contributed by atoms with Crippen LogP contribution < -0.4 is 10.1 Å². The molecule has 1 amide bonds. The quantitative estimate of drug-likeness (QED) is 0.713. The molecule has 0 aliphatic heterocycles. The third-order valence-corrected chi connectivity index (χ3v) is 3.36. The lowest BCUT2D eigenvalue weighted by atomic mass is 9.94. The Balaban J connectivity index is 2.51. The van der Waals surface area contributed by atoms with Gasteiger partial charge in [0.2, 0.25) is 5.91 Å². The van der Waals surface area contributed by atoms with Crippen molar-refractivity contribution in [2.45, 2.75) is 26.7 Å². The molecule has 0 radical (unpaired) electrons. The molecule has 0 fully saturated rings. The van der Waals surface area contributed by atoms with Gasteiger partial charge in [0.1, 0.15) is 0 Å². The zero-order valence-electron chi connectivity index (χ0n) is 13.3. The second-order valence-electron chi connectivity index (χ2n) is 5.74. The predicted octanol–water partition coefficient (Wildman–Crippen LogP) is 2.02. The molecule has 1 rings (SSSR count). The summed E-state index contributed by atoms with van der Waals surface area (Å²) in [5.74, 6) is -2.44. The number of carbonyl (C=O) groups is 3. The summed E-state index contributed by atoms with van der Waals surface area (Å²) in [7, 11) is 1.32. The van der Waals surface area contributed by atoms with Gasteiger partial charge in [-0.2, -0.15) is 0 Å². The monoisotopic (exact) mass is 325 g/mol. The average Bonchev–Trinajstić information content (AvgIpc) is 2.50. The van der Waals surface area contributed by atoms with E-state index in [0.29, 0.717) is 0 Å². The number of hydrogen-bond donors (Lipinski definition) is 2. The molecular formula is C16H20FNO5. The van der Waals surface area contributed by atoms with Crippen molar-refractivity contribution in [1.82, 2.24) is 5.32 Å². The standard InChI is InChI=1S/C16H20FNO5/c1-16(2,15(21)22)9-18-14(20)7-5-12(19)10-4-6-13(23-3)11(17)8-10/h4,6,8H,5,7,9H2,1-3H3,(H,18,20)(H,21,22). The van der Waals surface area contributed by atoms with E-state index in [2.05, 4.69) is 5.32 Å². The highest BCUT2D eigenvalue weighted by Crippen LogP contribution is 2.19. The van der Waals surface area contributed by atoms with Gasteiger partial charge in [0, 0.05) is 24.9 Å². The van der Waals surface area contributed by atoms with Crippen LogP contribution in [0.4, 0.5) is 4.39 Å². The second-order valence-corrected chi connectivity index (χ2v) is 5.74. The van der Waals surface area contributed by atoms with Crippen LogP contribution in [0.5, 0.6) is 5.75 Å². The number of rotatable bonds is 8. The van der Waals surface area contributed by atoms with E-state index in [1.54, 1.807) is 0 Å². The molecule has 0 bridgehead atoms. The van der Waals surface area contributed by atoms with Crippen LogP contribution in [-0.2, 0) is 9.59 Å². The molecule has 0 saturated heterocycles. The van der Waals surface area contributed by atoms with Gasteiger partial charge < -0.3 is 15.2 Å². The average molecular weight is 325 g/mol. The lowest BCUT2D eigenvalue weighted by Crippen LogP contribution is -2.38. The number of aliphatic carboxylic acids is 1. The van der Waals surface area contributed by atoms with Crippen molar-refractivity contribution in [2.75, 3.05) is 13.7 Å². The normalized spacial score (nSPS) is 11.0. The first kappa shape index (κ1) is 18.6. The van der Waals surface area contributed by atoms with E-state index in [1.807, 2.05) is 0 Å². The van der Waals surface area contributed by atoms with Crippen molar-refractivity contribution in [3.63, 3.8) is 0 Å². The number of methoxy groups -OCH3 is 1. The Morgan fingerprint density at radius 2 is 1.91 bits per heavy atom. The Kier molecular flexibility index (Phi) is 6.24. The van der Waals surface area contributed by atoms with Gasteiger partial charge in [-0.25, -0.2) is 4.39 Å². The largest absolute Gasteiger partial charge is 0.494 e. The van der Waals surface area contributed by atoms with Gasteiger partial charge in [-0.1, -0.05) is 0 Å². The van der Waals surface area contributed by atoms with Gasteiger partial charge in [-0.15, -0.1) is 0 Å². The Morgan fingerprint density at radius 1 is 1.26 bits per heavy atom. The number of carboxylic acid groups (broad SMARTS) is 1. The Bertz CT molecular complexity index is 612. The summed E-state index contributed by atoms with van der Waals surface area (Å²) >= 11 is 0. The lowest BCUT2D eigenvalue weighted by molar-refractivity contribution is -0.146. The smallest absolute Gasteiger partial charge is 0.310 e. The first-order valence-corrected chi connectivity index (χ1v) is 7.04. The fourth-order valence-corrected chi connectivity index (χ4v) is 1.69. The minimum Gasteiger partial charge on any atom is -0.494 e. The number of amides is 1. The number of hydrogen-bond acceptors (Lipinski definition) is 4. The molecule has 0 saturated carbocycles. The highest BCUT2D eigenvalue weighted by atomic mass is 19.1. The molecule has 0 heterocycles. The van der Waals surface area contributed by atoms with Crippen molar-refractivity contribution in [1.29, 1.82) is 0 Å². The fraction of sp³-hybridized carbons (Fsp3) is 0.438. The van der Waals surface area contributed by atoms with E-state index in [0.717, 1.165) is 6.07 Å². The number of ketones is 1. The number of ether oxygens (including phenoxy) is 1. The second kappa shape index (κ2) is 7.71. The fourth-order valence-electron chi connectivity index (χ4n) is 1.69. The predicted molar refractivity (Wildman–Crippen MR) is 80.9 cm³/mol. The Morgan fingerprint density at radius 3 is 2.43 bits per heavy atom. The number of carbonyl (C=O) groups excluding carboxylic acids is 2. The van der Waals surface area contributed by atoms with Crippen molar-refractivity contribution in [3.8, 4) is 5.75 Å². The lowest BCUT2D eigenvalue weighted by Gasteiger charge is -2.19. The number of nitrogens with one attached hydrogen (secondary N) is 1. The van der Waals surface area contributed by atoms with Gasteiger partial charge in [0.15, 0.2) is 17.3 Å². The molecule has 0 spiro atoms. The van der Waals surface area contributed by atoms with E-state index in [4.69, 9.17) is 9.84 Å². The van der Waals surface area contributed by atoms with Gasteiger partial charge in [0.05, 0.1) is 12.5 Å². The molecule has 2 N–H and O–H groups in total. The summed E-state index contributed by atoms with van der Waals surface area (Å²) in [4.78, 5) is 34.5. The highest BCUT2D eigenvalue weighted by molar-refractivity contribution is 5.98. The maximum atomic E-state index is 13.5. The summed E-state index contributed by atoms with van der Waals surface area (Å²) in [5.41, 5.74) is -0.930. The molecule has 7 heteroatoms. The first-order valence-electron chi connectivity index (χ1n) is 7.04. The van der Waals surface area contributed by atoms with Crippen LogP contribution in [0.15, 0.2) is 18.2 Å². The van der Waals surface area contributed by atoms with Gasteiger partial charge >= 0.3 is 5.97 Å². The van der Waals surface area contributed by atoms with Gasteiger partial charge in [-0.05, 0) is 32.0 Å². The molecule has 23 heavy (non-hydrogen) atoms. The Labute approximate surface area is 133 Å². The molecule has 126 valence electrons. The van der Waals surface area contributed by atoms with Crippen LogP contribution in [0, 0.1) is 11.2 Å². The Hall–Kier alpha value is -2.44. The highest BCUT2D eigenvalue weighted by Gasteiger charge is 2.27. The summed E-state index contributed by atoms with van der Waals surface area (Å²) in [6.07, 6.45) is -0.187. The van der Waals surface area contributed by atoms with Crippen LogP contribution in [0.25, 0.3) is 0 Å². The molecule has 0 atom stereocenters.